The minimum atomic E-state index is -4.66. The molecule has 0 aliphatic rings. The van der Waals surface area contributed by atoms with Crippen LogP contribution in [0.4, 0.5) is 13.2 Å². The second kappa shape index (κ2) is 7.63. The zero-order valence-electron chi connectivity index (χ0n) is 11.9. The number of alkyl halides is 3. The van der Waals surface area contributed by atoms with Crippen molar-refractivity contribution in [2.75, 3.05) is 19.7 Å². The van der Waals surface area contributed by atoms with Gasteiger partial charge in [-0.2, -0.15) is 13.2 Å². The molecule has 1 rings (SSSR count). The number of aliphatic hydroxyl groups excluding tert-OH is 2. The van der Waals surface area contributed by atoms with Crippen molar-refractivity contribution in [3.63, 3.8) is 0 Å². The van der Waals surface area contributed by atoms with Gasteiger partial charge in [-0.05, 0) is 25.0 Å². The number of hydrogen-bond acceptors (Lipinski definition) is 4. The van der Waals surface area contributed by atoms with Gasteiger partial charge in [0.25, 0.3) is 0 Å². The first-order valence-electron chi connectivity index (χ1n) is 6.54. The van der Waals surface area contributed by atoms with Gasteiger partial charge in [0.05, 0.1) is 0 Å². The number of aryl methyl sites for hydroxylation is 2. The first-order valence-corrected chi connectivity index (χ1v) is 6.54. The molecule has 3 N–H and O–H groups in total. The van der Waals surface area contributed by atoms with E-state index in [-0.39, 0.29) is 13.2 Å². The molecule has 0 bridgehead atoms. The summed E-state index contributed by atoms with van der Waals surface area (Å²) in [6, 6.07) is 5.62. The Morgan fingerprint density at radius 1 is 1.14 bits per heavy atom. The lowest BCUT2D eigenvalue weighted by atomic mass is 10.1. The average molecular weight is 307 g/mol. The summed E-state index contributed by atoms with van der Waals surface area (Å²) < 4.78 is 41.6. The fraction of sp³-hybridized carbons (Fsp3) is 0.571. The summed E-state index contributed by atoms with van der Waals surface area (Å²) >= 11 is 0. The molecule has 2 atom stereocenters. The molecule has 0 aromatic heterocycles. The summed E-state index contributed by atoms with van der Waals surface area (Å²) in [6.45, 7) is 2.93. The first-order chi connectivity index (χ1) is 9.71. The van der Waals surface area contributed by atoms with Crippen LogP contribution in [-0.2, 0) is 0 Å². The van der Waals surface area contributed by atoms with Gasteiger partial charge in [-0.25, -0.2) is 0 Å². The second-order valence-electron chi connectivity index (χ2n) is 4.90. The number of nitrogens with one attached hydrogen (secondary N) is 1. The Kier molecular flexibility index (Phi) is 6.44. The molecule has 2 unspecified atom stereocenters. The van der Waals surface area contributed by atoms with Gasteiger partial charge >= 0.3 is 6.18 Å². The van der Waals surface area contributed by atoms with Gasteiger partial charge in [0.2, 0.25) is 0 Å². The van der Waals surface area contributed by atoms with Crippen LogP contribution in [-0.4, -0.2) is 48.3 Å². The molecular formula is C14H20F3NO3. The minimum absolute atomic E-state index is 0.0409. The molecule has 0 saturated carbocycles. The van der Waals surface area contributed by atoms with Crippen LogP contribution >= 0.6 is 0 Å². The van der Waals surface area contributed by atoms with Crippen LogP contribution in [0.3, 0.4) is 0 Å². The van der Waals surface area contributed by atoms with E-state index in [0.29, 0.717) is 5.75 Å². The first kappa shape index (κ1) is 17.7. The van der Waals surface area contributed by atoms with Crippen LogP contribution in [0.25, 0.3) is 0 Å². The molecule has 0 aliphatic heterocycles. The van der Waals surface area contributed by atoms with Crippen molar-refractivity contribution in [1.82, 2.24) is 5.32 Å². The maximum Gasteiger partial charge on any atom is 0.415 e. The van der Waals surface area contributed by atoms with Crippen molar-refractivity contribution in [2.24, 2.45) is 0 Å². The van der Waals surface area contributed by atoms with Gasteiger partial charge in [0.15, 0.2) is 6.10 Å². The molecule has 7 heteroatoms. The second-order valence-corrected chi connectivity index (χ2v) is 4.90. The minimum Gasteiger partial charge on any atom is -0.490 e. The van der Waals surface area contributed by atoms with Gasteiger partial charge < -0.3 is 20.3 Å². The van der Waals surface area contributed by atoms with Gasteiger partial charge in [-0.1, -0.05) is 18.2 Å². The summed E-state index contributed by atoms with van der Waals surface area (Å²) in [7, 11) is 0. The molecule has 0 heterocycles. The maximum absolute atomic E-state index is 12.1. The molecule has 4 nitrogen and oxygen atoms in total. The zero-order valence-corrected chi connectivity index (χ0v) is 11.9. The molecule has 0 fully saturated rings. The zero-order chi connectivity index (χ0) is 16.0. The molecule has 0 radical (unpaired) electrons. The fourth-order valence-electron chi connectivity index (χ4n) is 1.77. The normalized spacial score (nSPS) is 14.8. The Labute approximate surface area is 121 Å². The number of halogens is 3. The molecule has 21 heavy (non-hydrogen) atoms. The van der Waals surface area contributed by atoms with E-state index in [0.717, 1.165) is 11.1 Å². The van der Waals surface area contributed by atoms with Gasteiger partial charge in [0.1, 0.15) is 18.5 Å². The third kappa shape index (κ3) is 5.91. The van der Waals surface area contributed by atoms with Crippen LogP contribution in [0, 0.1) is 13.8 Å². The van der Waals surface area contributed by atoms with E-state index in [1.54, 1.807) is 0 Å². The number of rotatable bonds is 7. The van der Waals surface area contributed by atoms with Gasteiger partial charge in [0, 0.05) is 13.1 Å². The lowest BCUT2D eigenvalue weighted by Gasteiger charge is -2.18. The number of hydrogen-bond donors (Lipinski definition) is 3. The Hall–Kier alpha value is -1.31. The van der Waals surface area contributed by atoms with E-state index in [1.165, 1.54) is 0 Å². The third-order valence-corrected chi connectivity index (χ3v) is 2.92. The summed E-state index contributed by atoms with van der Waals surface area (Å²) in [6.07, 6.45) is -8.07. The van der Waals surface area contributed by atoms with Crippen LogP contribution in [0.5, 0.6) is 5.75 Å². The summed E-state index contributed by atoms with van der Waals surface area (Å²) in [5.41, 5.74) is 1.84. The molecule has 0 saturated heterocycles. The largest absolute Gasteiger partial charge is 0.490 e. The molecule has 1 aromatic rings. The standard InChI is InChI=1S/C14H20F3NO3/c1-9-4-3-5-10(2)13(9)21-8-11(19)6-18-7-12(20)14(15,16)17/h3-5,11-12,18-20H,6-8H2,1-2H3. The van der Waals surface area contributed by atoms with E-state index in [2.05, 4.69) is 5.32 Å². The predicted octanol–water partition coefficient (Wildman–Crippen LogP) is 1.56. The lowest BCUT2D eigenvalue weighted by molar-refractivity contribution is -0.202. The summed E-state index contributed by atoms with van der Waals surface area (Å²) in [4.78, 5) is 0. The molecule has 120 valence electrons. The van der Waals surface area contributed by atoms with Crippen molar-refractivity contribution < 1.29 is 28.1 Å². The van der Waals surface area contributed by atoms with Crippen LogP contribution in [0.2, 0.25) is 0 Å². The Morgan fingerprint density at radius 3 is 2.24 bits per heavy atom. The van der Waals surface area contributed by atoms with E-state index < -0.39 is 24.9 Å². The number of benzene rings is 1. The Bertz CT molecular complexity index is 431. The number of para-hydroxylation sites is 1. The summed E-state index contributed by atoms with van der Waals surface area (Å²) in [5, 5.41) is 20.8. The smallest absolute Gasteiger partial charge is 0.415 e. The maximum atomic E-state index is 12.1. The van der Waals surface area contributed by atoms with E-state index in [9.17, 15) is 18.3 Å². The molecular weight excluding hydrogens is 287 g/mol. The highest BCUT2D eigenvalue weighted by atomic mass is 19.4. The van der Waals surface area contributed by atoms with Crippen molar-refractivity contribution >= 4 is 0 Å². The molecule has 0 aliphatic carbocycles. The van der Waals surface area contributed by atoms with Crippen molar-refractivity contribution in [3.05, 3.63) is 29.3 Å². The quantitative estimate of drug-likeness (QED) is 0.715. The van der Waals surface area contributed by atoms with E-state index >= 15 is 0 Å². The third-order valence-electron chi connectivity index (χ3n) is 2.92. The number of ether oxygens (including phenoxy) is 1. The highest BCUT2D eigenvalue weighted by Crippen LogP contribution is 2.22. The summed E-state index contributed by atoms with van der Waals surface area (Å²) in [5.74, 6) is 0.659. The van der Waals surface area contributed by atoms with Gasteiger partial charge in [-0.3, -0.25) is 0 Å². The lowest BCUT2D eigenvalue weighted by Crippen LogP contribution is -2.41. The molecule has 1 aromatic carbocycles. The molecule has 0 spiro atoms. The van der Waals surface area contributed by atoms with Crippen LogP contribution < -0.4 is 10.1 Å². The highest BCUT2D eigenvalue weighted by Gasteiger charge is 2.37. The highest BCUT2D eigenvalue weighted by molar-refractivity contribution is 5.39. The number of aliphatic hydroxyl groups is 2. The van der Waals surface area contributed by atoms with Crippen LogP contribution in [0.15, 0.2) is 18.2 Å². The Balaban J connectivity index is 2.33. The topological polar surface area (TPSA) is 61.7 Å². The van der Waals surface area contributed by atoms with E-state index in [4.69, 9.17) is 9.84 Å². The Morgan fingerprint density at radius 2 is 1.71 bits per heavy atom. The van der Waals surface area contributed by atoms with Gasteiger partial charge in [-0.15, -0.1) is 0 Å². The SMILES string of the molecule is Cc1cccc(C)c1OCC(O)CNCC(O)C(F)(F)F. The van der Waals surface area contributed by atoms with Crippen molar-refractivity contribution in [3.8, 4) is 5.75 Å². The van der Waals surface area contributed by atoms with Crippen molar-refractivity contribution in [1.29, 1.82) is 0 Å². The predicted molar refractivity (Wildman–Crippen MR) is 72.3 cm³/mol. The van der Waals surface area contributed by atoms with Crippen molar-refractivity contribution in [2.45, 2.75) is 32.2 Å². The van der Waals surface area contributed by atoms with E-state index in [1.807, 2.05) is 32.0 Å². The average Bonchev–Trinajstić information content (AvgIpc) is 2.36. The molecule has 0 amide bonds. The fourth-order valence-corrected chi connectivity index (χ4v) is 1.77. The van der Waals surface area contributed by atoms with Crippen LogP contribution in [0.1, 0.15) is 11.1 Å². The monoisotopic (exact) mass is 307 g/mol.